The lowest BCUT2D eigenvalue weighted by atomic mass is 10.2. The van der Waals surface area contributed by atoms with Crippen molar-refractivity contribution in [2.24, 2.45) is 4.99 Å². The number of rotatable bonds is 10. The number of benzene rings is 1. The average molecular weight is 404 g/mol. The maximum absolute atomic E-state index is 12.3. The van der Waals surface area contributed by atoms with Crippen LogP contribution in [0.4, 0.5) is 13.2 Å². The first-order chi connectivity index (χ1) is 13.3. The fourth-order valence-corrected chi connectivity index (χ4v) is 2.16. The fourth-order valence-electron chi connectivity index (χ4n) is 2.16. The Morgan fingerprint density at radius 3 is 2.43 bits per heavy atom. The zero-order valence-corrected chi connectivity index (χ0v) is 16.3. The number of hydrogen-bond acceptors (Lipinski definition) is 4. The quantitative estimate of drug-likeness (QED) is 0.411. The van der Waals surface area contributed by atoms with Crippen LogP contribution in [-0.2, 0) is 11.3 Å². The van der Waals surface area contributed by atoms with Crippen LogP contribution in [0.25, 0.3) is 0 Å². The van der Waals surface area contributed by atoms with Crippen LogP contribution in [-0.4, -0.2) is 51.4 Å². The number of methoxy groups -OCH3 is 1. The minimum atomic E-state index is -4.22. The first-order valence-electron chi connectivity index (χ1n) is 8.94. The molecule has 0 bridgehead atoms. The van der Waals surface area contributed by atoms with E-state index in [1.165, 1.54) is 7.11 Å². The van der Waals surface area contributed by atoms with Crippen LogP contribution in [0.5, 0.6) is 11.5 Å². The van der Waals surface area contributed by atoms with Crippen LogP contribution in [0.1, 0.15) is 25.8 Å². The number of ether oxygens (including phenoxy) is 2. The van der Waals surface area contributed by atoms with Gasteiger partial charge in [0.2, 0.25) is 0 Å². The third-order valence-corrected chi connectivity index (χ3v) is 3.43. The van der Waals surface area contributed by atoms with E-state index in [-0.39, 0.29) is 25.6 Å². The fraction of sp³-hybridized carbons (Fsp3) is 0.556. The summed E-state index contributed by atoms with van der Waals surface area (Å²) in [6, 6.07) is 5.11. The van der Waals surface area contributed by atoms with Crippen LogP contribution >= 0.6 is 0 Å². The summed E-state index contributed by atoms with van der Waals surface area (Å²) in [6.45, 7) is 4.52. The van der Waals surface area contributed by atoms with E-state index in [4.69, 9.17) is 9.47 Å². The number of halogens is 3. The Bertz CT molecular complexity index is 651. The normalized spacial score (nSPS) is 11.7. The van der Waals surface area contributed by atoms with Crippen molar-refractivity contribution < 1.29 is 27.4 Å². The number of guanidine groups is 1. The first-order valence-corrected chi connectivity index (χ1v) is 8.94. The molecule has 0 aromatic heterocycles. The molecule has 3 N–H and O–H groups in total. The maximum atomic E-state index is 12.3. The molecule has 0 radical (unpaired) electrons. The highest BCUT2D eigenvalue weighted by Crippen LogP contribution is 2.28. The van der Waals surface area contributed by atoms with Gasteiger partial charge in [0.25, 0.3) is 5.91 Å². The topological polar surface area (TPSA) is 84.0 Å². The minimum absolute atomic E-state index is 0.130. The van der Waals surface area contributed by atoms with Crippen molar-refractivity contribution in [3.8, 4) is 11.5 Å². The summed E-state index contributed by atoms with van der Waals surface area (Å²) in [5.41, 5.74) is 0.773. The van der Waals surface area contributed by atoms with Crippen molar-refractivity contribution in [2.45, 2.75) is 33.0 Å². The molecule has 0 saturated carbocycles. The molecule has 158 valence electrons. The van der Waals surface area contributed by atoms with Gasteiger partial charge in [-0.25, -0.2) is 4.99 Å². The summed E-state index contributed by atoms with van der Waals surface area (Å²) in [5, 5.41) is 8.17. The lowest BCUT2D eigenvalue weighted by Gasteiger charge is -2.13. The molecule has 1 amide bonds. The number of alkyl halides is 3. The molecule has 0 heterocycles. The molecule has 0 aliphatic rings. The van der Waals surface area contributed by atoms with E-state index in [2.05, 4.69) is 20.9 Å². The predicted octanol–water partition coefficient (Wildman–Crippen LogP) is 2.22. The largest absolute Gasteiger partial charge is 0.493 e. The Hall–Kier alpha value is -2.65. The van der Waals surface area contributed by atoms with E-state index in [1.54, 1.807) is 18.2 Å². The molecule has 0 aliphatic heterocycles. The smallest absolute Gasteiger partial charge is 0.390 e. The summed E-state index contributed by atoms with van der Waals surface area (Å²) in [4.78, 5) is 15.8. The average Bonchev–Trinajstić information content (AvgIpc) is 2.64. The number of carbonyl (C=O) groups excluding carboxylic acids is 1. The van der Waals surface area contributed by atoms with E-state index in [0.29, 0.717) is 30.5 Å². The molecule has 0 fully saturated rings. The van der Waals surface area contributed by atoms with Crippen molar-refractivity contribution in [1.82, 2.24) is 16.0 Å². The number of likely N-dealkylation sites (N-methyl/N-ethyl adjacent to an activating group) is 1. The van der Waals surface area contributed by atoms with Gasteiger partial charge in [-0.15, -0.1) is 0 Å². The van der Waals surface area contributed by atoms with Crippen LogP contribution in [0.15, 0.2) is 23.2 Å². The SMILES string of the molecule is CCNC(=O)COc1ccc(CN=C(NCC)NCCC(F)(F)F)cc1OC. The molecule has 0 saturated heterocycles. The second kappa shape index (κ2) is 11.9. The van der Waals surface area contributed by atoms with E-state index in [9.17, 15) is 18.0 Å². The van der Waals surface area contributed by atoms with Gasteiger partial charge in [0, 0.05) is 19.6 Å². The lowest BCUT2D eigenvalue weighted by Crippen LogP contribution is -2.38. The molecule has 28 heavy (non-hydrogen) atoms. The number of aliphatic imine (C=N–C) groups is 1. The Morgan fingerprint density at radius 1 is 1.11 bits per heavy atom. The Labute approximate surface area is 162 Å². The zero-order valence-electron chi connectivity index (χ0n) is 16.3. The van der Waals surface area contributed by atoms with E-state index in [1.807, 2.05) is 13.8 Å². The number of nitrogens with one attached hydrogen (secondary N) is 3. The molecule has 0 aliphatic carbocycles. The molecule has 0 spiro atoms. The summed E-state index contributed by atoms with van der Waals surface area (Å²) in [6.07, 6.45) is -5.16. The van der Waals surface area contributed by atoms with Gasteiger partial charge in [0.15, 0.2) is 24.1 Å². The number of hydrogen-bond donors (Lipinski definition) is 3. The van der Waals surface area contributed by atoms with E-state index in [0.717, 1.165) is 5.56 Å². The highest BCUT2D eigenvalue weighted by molar-refractivity contribution is 5.79. The monoisotopic (exact) mass is 404 g/mol. The van der Waals surface area contributed by atoms with Crippen LogP contribution in [0, 0.1) is 0 Å². The maximum Gasteiger partial charge on any atom is 0.390 e. The molecular formula is C18H27F3N4O3. The lowest BCUT2D eigenvalue weighted by molar-refractivity contribution is -0.132. The van der Waals surface area contributed by atoms with Gasteiger partial charge in [-0.1, -0.05) is 6.07 Å². The zero-order chi connectivity index (χ0) is 21.0. The number of amides is 1. The Morgan fingerprint density at radius 2 is 1.82 bits per heavy atom. The summed E-state index contributed by atoms with van der Waals surface area (Å²) in [5.74, 6) is 0.907. The van der Waals surface area contributed by atoms with E-state index < -0.39 is 12.6 Å². The number of nitrogens with zero attached hydrogens (tertiary/aromatic N) is 1. The third-order valence-electron chi connectivity index (χ3n) is 3.43. The van der Waals surface area contributed by atoms with Gasteiger partial charge < -0.3 is 25.4 Å². The first kappa shape index (κ1) is 23.4. The van der Waals surface area contributed by atoms with Crippen LogP contribution < -0.4 is 25.4 Å². The predicted molar refractivity (Wildman–Crippen MR) is 101 cm³/mol. The summed E-state index contributed by atoms with van der Waals surface area (Å²) < 4.78 is 47.5. The molecule has 0 atom stereocenters. The summed E-state index contributed by atoms with van der Waals surface area (Å²) in [7, 11) is 1.48. The molecule has 1 aromatic rings. The molecule has 1 rings (SSSR count). The summed E-state index contributed by atoms with van der Waals surface area (Å²) >= 11 is 0. The van der Waals surface area contributed by atoms with Crippen LogP contribution in [0.3, 0.4) is 0 Å². The highest BCUT2D eigenvalue weighted by atomic mass is 19.4. The van der Waals surface area contributed by atoms with Crippen molar-refractivity contribution in [2.75, 3.05) is 33.4 Å². The van der Waals surface area contributed by atoms with Gasteiger partial charge in [0.05, 0.1) is 20.1 Å². The standard InChI is InChI=1S/C18H27F3N4O3/c1-4-22-16(26)12-28-14-7-6-13(10-15(14)27-3)11-25-17(23-5-2)24-9-8-18(19,20)21/h6-7,10H,4-5,8-9,11-12H2,1-3H3,(H,22,26)(H2,23,24,25). The Balaban J connectivity index is 2.72. The van der Waals surface area contributed by atoms with Crippen molar-refractivity contribution in [3.63, 3.8) is 0 Å². The minimum Gasteiger partial charge on any atom is -0.493 e. The molecule has 0 unspecified atom stereocenters. The number of carbonyl (C=O) groups is 1. The van der Waals surface area contributed by atoms with E-state index >= 15 is 0 Å². The van der Waals surface area contributed by atoms with Crippen molar-refractivity contribution in [3.05, 3.63) is 23.8 Å². The highest BCUT2D eigenvalue weighted by Gasteiger charge is 2.26. The van der Waals surface area contributed by atoms with Gasteiger partial charge in [-0.05, 0) is 31.5 Å². The Kier molecular flexibility index (Phi) is 9.97. The molecule has 10 heteroatoms. The molecular weight excluding hydrogens is 377 g/mol. The second-order valence-corrected chi connectivity index (χ2v) is 5.71. The van der Waals surface area contributed by atoms with Gasteiger partial charge in [-0.2, -0.15) is 13.2 Å². The van der Waals surface area contributed by atoms with Gasteiger partial charge in [0.1, 0.15) is 0 Å². The molecule has 1 aromatic carbocycles. The third kappa shape index (κ3) is 9.33. The second-order valence-electron chi connectivity index (χ2n) is 5.71. The van der Waals surface area contributed by atoms with Crippen molar-refractivity contribution in [1.29, 1.82) is 0 Å². The molecule has 7 nitrogen and oxygen atoms in total. The van der Waals surface area contributed by atoms with Crippen LogP contribution in [0.2, 0.25) is 0 Å². The van der Waals surface area contributed by atoms with Crippen molar-refractivity contribution >= 4 is 11.9 Å². The van der Waals surface area contributed by atoms with Gasteiger partial charge >= 0.3 is 6.18 Å². The van der Waals surface area contributed by atoms with Gasteiger partial charge in [-0.3, -0.25) is 4.79 Å².